The van der Waals surface area contributed by atoms with E-state index in [9.17, 15) is 4.39 Å². The van der Waals surface area contributed by atoms with Crippen LogP contribution in [0.25, 0.3) is 0 Å². The average Bonchev–Trinajstić information content (AvgIpc) is 2.58. The lowest BCUT2D eigenvalue weighted by Gasteiger charge is -2.41. The van der Waals surface area contributed by atoms with E-state index in [1.165, 1.54) is 0 Å². The fraction of sp³-hybridized carbons (Fsp3) is 0.647. The van der Waals surface area contributed by atoms with Gasteiger partial charge in [-0.1, -0.05) is 6.07 Å². The van der Waals surface area contributed by atoms with Crippen molar-refractivity contribution >= 4 is 24.8 Å². The van der Waals surface area contributed by atoms with Crippen molar-refractivity contribution in [2.24, 2.45) is 5.92 Å². The Hall–Kier alpha value is -0.590. The van der Waals surface area contributed by atoms with E-state index in [1.54, 1.807) is 19.2 Å². The van der Waals surface area contributed by atoms with Gasteiger partial charge in [-0.05, 0) is 30.9 Å². The molecule has 0 aliphatic carbocycles. The lowest BCUT2D eigenvalue weighted by molar-refractivity contribution is 0.0195. The second-order valence-corrected chi connectivity index (χ2v) is 6.04. The molecule has 2 saturated heterocycles. The van der Waals surface area contributed by atoms with Gasteiger partial charge in [0.05, 0.1) is 7.11 Å². The van der Waals surface area contributed by atoms with Gasteiger partial charge in [-0.25, -0.2) is 4.39 Å². The number of ether oxygens (including phenoxy) is 2. The Balaban J connectivity index is 0.00000144. The number of piperazine rings is 1. The molecule has 24 heavy (non-hydrogen) atoms. The van der Waals surface area contributed by atoms with Gasteiger partial charge in [-0.3, -0.25) is 4.90 Å². The summed E-state index contributed by atoms with van der Waals surface area (Å²) in [7, 11) is 1.62. The van der Waals surface area contributed by atoms with Crippen molar-refractivity contribution in [2.75, 3.05) is 46.5 Å². The van der Waals surface area contributed by atoms with E-state index in [1.807, 2.05) is 6.07 Å². The number of benzene rings is 1. The van der Waals surface area contributed by atoms with Crippen LogP contribution in [0, 0.1) is 11.7 Å². The fourth-order valence-corrected chi connectivity index (χ4v) is 3.69. The van der Waals surface area contributed by atoms with Gasteiger partial charge in [0.15, 0.2) is 0 Å². The molecule has 0 amide bonds. The Labute approximate surface area is 155 Å². The van der Waals surface area contributed by atoms with Gasteiger partial charge >= 0.3 is 0 Å². The van der Waals surface area contributed by atoms with Crippen LogP contribution in [0.4, 0.5) is 4.39 Å². The van der Waals surface area contributed by atoms with Gasteiger partial charge in [-0.15, -0.1) is 24.8 Å². The Kier molecular flexibility index (Phi) is 9.31. The minimum Gasteiger partial charge on any atom is -0.496 e. The minimum absolute atomic E-state index is 0. The van der Waals surface area contributed by atoms with Crippen molar-refractivity contribution in [3.05, 3.63) is 29.6 Å². The van der Waals surface area contributed by atoms with Crippen molar-refractivity contribution in [2.45, 2.75) is 18.9 Å². The van der Waals surface area contributed by atoms with Crippen molar-refractivity contribution in [1.29, 1.82) is 0 Å². The molecule has 1 atom stereocenters. The molecule has 0 unspecified atom stereocenters. The van der Waals surface area contributed by atoms with Crippen LogP contribution in [-0.4, -0.2) is 51.4 Å². The third kappa shape index (κ3) is 4.73. The standard InChI is InChI=1S/C17H25FN2O2.2ClH/c1-21-15-4-2-3-14(18)16(15)17(13-5-11-22-12-6-13)20-9-7-19-8-10-20;;/h2-4,13,17,19H,5-12H2,1H3;2*1H/t17-;;/m1../s1. The Morgan fingerprint density at radius 2 is 1.88 bits per heavy atom. The monoisotopic (exact) mass is 380 g/mol. The maximum Gasteiger partial charge on any atom is 0.131 e. The Morgan fingerprint density at radius 1 is 1.21 bits per heavy atom. The van der Waals surface area contributed by atoms with E-state index in [4.69, 9.17) is 9.47 Å². The zero-order valence-electron chi connectivity index (χ0n) is 14.0. The van der Waals surface area contributed by atoms with Crippen LogP contribution in [0.15, 0.2) is 18.2 Å². The molecule has 0 spiro atoms. The maximum absolute atomic E-state index is 14.6. The number of methoxy groups -OCH3 is 1. The summed E-state index contributed by atoms with van der Waals surface area (Å²) in [4.78, 5) is 2.41. The first-order chi connectivity index (χ1) is 10.8. The molecule has 2 aliphatic heterocycles. The SMILES string of the molecule is COc1cccc(F)c1[C@@H](C1CCOCC1)N1CCNCC1.Cl.Cl. The van der Waals surface area contributed by atoms with E-state index in [0.717, 1.165) is 57.8 Å². The number of nitrogens with one attached hydrogen (secondary N) is 1. The summed E-state index contributed by atoms with van der Waals surface area (Å²) in [6.45, 7) is 5.33. The molecule has 7 heteroatoms. The molecule has 0 bridgehead atoms. The first kappa shape index (κ1) is 21.5. The molecule has 0 saturated carbocycles. The molecule has 1 N–H and O–H groups in total. The van der Waals surface area contributed by atoms with E-state index in [2.05, 4.69) is 10.2 Å². The third-order valence-corrected chi connectivity index (χ3v) is 4.79. The van der Waals surface area contributed by atoms with Crippen LogP contribution in [-0.2, 0) is 4.74 Å². The molecule has 138 valence electrons. The van der Waals surface area contributed by atoms with Crippen LogP contribution < -0.4 is 10.1 Å². The largest absolute Gasteiger partial charge is 0.496 e. The van der Waals surface area contributed by atoms with Crippen LogP contribution >= 0.6 is 24.8 Å². The first-order valence-corrected chi connectivity index (χ1v) is 8.16. The predicted molar refractivity (Wildman–Crippen MR) is 98.2 cm³/mol. The van der Waals surface area contributed by atoms with Crippen LogP contribution in [0.2, 0.25) is 0 Å². The van der Waals surface area contributed by atoms with Gasteiger partial charge in [-0.2, -0.15) is 0 Å². The smallest absolute Gasteiger partial charge is 0.131 e. The number of halogens is 3. The van der Waals surface area contributed by atoms with Crippen molar-refractivity contribution < 1.29 is 13.9 Å². The molecule has 3 rings (SSSR count). The first-order valence-electron chi connectivity index (χ1n) is 8.16. The summed E-state index contributed by atoms with van der Waals surface area (Å²) in [5.74, 6) is 0.919. The number of nitrogens with zero attached hydrogens (tertiary/aromatic N) is 1. The summed E-state index contributed by atoms with van der Waals surface area (Å²) >= 11 is 0. The van der Waals surface area contributed by atoms with Crippen LogP contribution in [0.5, 0.6) is 5.75 Å². The highest BCUT2D eigenvalue weighted by molar-refractivity contribution is 5.85. The molecular weight excluding hydrogens is 354 g/mol. The molecule has 0 radical (unpaired) electrons. The fourth-order valence-electron chi connectivity index (χ4n) is 3.69. The molecule has 1 aromatic rings. The van der Waals surface area contributed by atoms with Gasteiger partial charge in [0.1, 0.15) is 11.6 Å². The summed E-state index contributed by atoms with van der Waals surface area (Å²) in [6, 6.07) is 5.21. The van der Waals surface area contributed by atoms with E-state index in [-0.39, 0.29) is 36.7 Å². The Morgan fingerprint density at radius 3 is 2.50 bits per heavy atom. The Bertz CT molecular complexity index is 477. The van der Waals surface area contributed by atoms with Crippen LogP contribution in [0.3, 0.4) is 0 Å². The van der Waals surface area contributed by atoms with E-state index < -0.39 is 0 Å². The van der Waals surface area contributed by atoms with Crippen LogP contribution in [0.1, 0.15) is 24.4 Å². The minimum atomic E-state index is -0.158. The second kappa shape index (κ2) is 10.4. The highest BCUT2D eigenvalue weighted by Gasteiger charge is 2.34. The molecule has 2 heterocycles. The topological polar surface area (TPSA) is 33.7 Å². The number of hydrogen-bond donors (Lipinski definition) is 1. The summed E-state index contributed by atoms with van der Waals surface area (Å²) in [6.07, 6.45) is 1.96. The van der Waals surface area contributed by atoms with Gasteiger partial charge < -0.3 is 14.8 Å². The quantitative estimate of drug-likeness (QED) is 0.870. The highest BCUT2D eigenvalue weighted by atomic mass is 35.5. The summed E-state index contributed by atoms with van der Waals surface area (Å²) < 4.78 is 25.6. The molecule has 1 aromatic carbocycles. The van der Waals surface area contributed by atoms with Crippen molar-refractivity contribution in [1.82, 2.24) is 10.2 Å². The summed E-state index contributed by atoms with van der Waals surface area (Å²) in [5.41, 5.74) is 0.721. The van der Waals surface area contributed by atoms with Gasteiger partial charge in [0.25, 0.3) is 0 Å². The van der Waals surface area contributed by atoms with Gasteiger partial charge in [0.2, 0.25) is 0 Å². The molecule has 2 fully saturated rings. The summed E-state index contributed by atoms with van der Waals surface area (Å²) in [5, 5.41) is 3.38. The molecular formula is C17H27Cl2FN2O2. The molecule has 4 nitrogen and oxygen atoms in total. The zero-order chi connectivity index (χ0) is 15.4. The average molecular weight is 381 g/mol. The predicted octanol–water partition coefficient (Wildman–Crippen LogP) is 3.05. The number of hydrogen-bond acceptors (Lipinski definition) is 4. The second-order valence-electron chi connectivity index (χ2n) is 6.04. The lowest BCUT2D eigenvalue weighted by Crippen LogP contribution is -2.47. The highest BCUT2D eigenvalue weighted by Crippen LogP contribution is 2.40. The maximum atomic E-state index is 14.6. The van der Waals surface area contributed by atoms with Crippen molar-refractivity contribution in [3.63, 3.8) is 0 Å². The zero-order valence-corrected chi connectivity index (χ0v) is 15.6. The lowest BCUT2D eigenvalue weighted by atomic mass is 9.85. The van der Waals surface area contributed by atoms with E-state index in [0.29, 0.717) is 11.7 Å². The normalized spacial score (nSPS) is 20.6. The molecule has 0 aromatic heterocycles. The molecule has 2 aliphatic rings. The van der Waals surface area contributed by atoms with Gasteiger partial charge in [0, 0.05) is 51.0 Å². The number of rotatable bonds is 4. The van der Waals surface area contributed by atoms with Crippen molar-refractivity contribution in [3.8, 4) is 5.75 Å². The third-order valence-electron chi connectivity index (χ3n) is 4.79. The van der Waals surface area contributed by atoms with E-state index >= 15 is 0 Å².